The maximum atomic E-state index is 12.6. The Hall–Kier alpha value is -1.15. The minimum atomic E-state index is -3.63. The van der Waals surface area contributed by atoms with Crippen LogP contribution in [0.4, 0.5) is 5.69 Å². The number of nitrogens with zero attached hydrogens (tertiary/aromatic N) is 1. The molecule has 0 aliphatic heterocycles. The first kappa shape index (κ1) is 21.9. The first-order chi connectivity index (χ1) is 9.99. The Morgan fingerprint density at radius 2 is 1.91 bits per heavy atom. The van der Waals surface area contributed by atoms with Crippen molar-refractivity contribution in [3.8, 4) is 0 Å². The summed E-state index contributed by atoms with van der Waals surface area (Å²) in [6, 6.07) is 4.71. The molecule has 0 saturated carbocycles. The van der Waals surface area contributed by atoms with Crippen LogP contribution in [-0.4, -0.2) is 38.8 Å². The van der Waals surface area contributed by atoms with Gasteiger partial charge in [-0.15, -0.1) is 12.4 Å². The average Bonchev–Trinajstić information content (AvgIpc) is 2.40. The van der Waals surface area contributed by atoms with Gasteiger partial charge in [-0.3, -0.25) is 4.79 Å². The second-order valence-corrected chi connectivity index (χ2v) is 8.33. The van der Waals surface area contributed by atoms with Crippen LogP contribution in [0.25, 0.3) is 0 Å². The van der Waals surface area contributed by atoms with Gasteiger partial charge in [0.1, 0.15) is 0 Å². The molecule has 8 heteroatoms. The molecule has 0 aliphatic rings. The van der Waals surface area contributed by atoms with E-state index in [9.17, 15) is 13.2 Å². The number of anilines is 1. The van der Waals surface area contributed by atoms with Gasteiger partial charge in [-0.1, -0.05) is 19.9 Å². The lowest BCUT2D eigenvalue weighted by Crippen LogP contribution is -2.39. The van der Waals surface area contributed by atoms with Crippen molar-refractivity contribution < 1.29 is 13.2 Å². The Morgan fingerprint density at radius 1 is 1.35 bits per heavy atom. The lowest BCUT2D eigenvalue weighted by molar-refractivity contribution is -0.114. The van der Waals surface area contributed by atoms with Crippen LogP contribution in [0.2, 0.25) is 0 Å². The summed E-state index contributed by atoms with van der Waals surface area (Å²) >= 11 is 0. The van der Waals surface area contributed by atoms with Gasteiger partial charge in [0.2, 0.25) is 15.9 Å². The maximum absolute atomic E-state index is 12.6. The monoisotopic (exact) mass is 363 g/mol. The topological polar surface area (TPSA) is 92.5 Å². The van der Waals surface area contributed by atoms with Crippen molar-refractivity contribution in [2.75, 3.05) is 25.5 Å². The zero-order chi connectivity index (χ0) is 17.1. The number of sulfonamides is 1. The number of nitrogens with two attached hydrogens (primary N) is 1. The van der Waals surface area contributed by atoms with Crippen LogP contribution in [0.15, 0.2) is 23.1 Å². The maximum Gasteiger partial charge on any atom is 0.242 e. The van der Waals surface area contributed by atoms with Crippen molar-refractivity contribution in [3.63, 3.8) is 0 Å². The number of benzene rings is 1. The summed E-state index contributed by atoms with van der Waals surface area (Å²) in [5.74, 6) is -0.240. The number of carbonyl (C=O) groups is 1. The predicted octanol–water partition coefficient (Wildman–Crippen LogP) is 1.98. The summed E-state index contributed by atoms with van der Waals surface area (Å²) in [7, 11) is -2.10. The Kier molecular flexibility index (Phi) is 7.69. The van der Waals surface area contributed by atoms with Gasteiger partial charge in [0.05, 0.1) is 4.90 Å². The third-order valence-electron chi connectivity index (χ3n) is 3.43. The number of amides is 1. The van der Waals surface area contributed by atoms with E-state index in [-0.39, 0.29) is 28.6 Å². The van der Waals surface area contributed by atoms with Crippen molar-refractivity contribution in [2.24, 2.45) is 11.1 Å². The third-order valence-corrected chi connectivity index (χ3v) is 5.23. The number of aryl methyl sites for hydroxylation is 1. The highest BCUT2D eigenvalue weighted by molar-refractivity contribution is 7.89. The highest BCUT2D eigenvalue weighted by Gasteiger charge is 2.27. The molecule has 132 valence electrons. The molecule has 6 nitrogen and oxygen atoms in total. The summed E-state index contributed by atoms with van der Waals surface area (Å²) < 4.78 is 26.6. The summed E-state index contributed by atoms with van der Waals surface area (Å²) in [5, 5.41) is 2.64. The molecule has 23 heavy (non-hydrogen) atoms. The summed E-state index contributed by atoms with van der Waals surface area (Å²) in [6.45, 7) is 7.72. The molecule has 0 aromatic heterocycles. The minimum Gasteiger partial charge on any atom is -0.330 e. The molecule has 0 radical (unpaired) electrons. The van der Waals surface area contributed by atoms with E-state index in [0.717, 1.165) is 5.56 Å². The molecule has 0 bridgehead atoms. The molecule has 1 rings (SSSR count). The van der Waals surface area contributed by atoms with Gasteiger partial charge in [-0.25, -0.2) is 12.7 Å². The first-order valence-electron chi connectivity index (χ1n) is 7.04. The van der Waals surface area contributed by atoms with E-state index in [0.29, 0.717) is 18.8 Å². The Labute approximate surface area is 144 Å². The van der Waals surface area contributed by atoms with Gasteiger partial charge in [0.25, 0.3) is 0 Å². The second kappa shape index (κ2) is 8.10. The minimum absolute atomic E-state index is 0. The average molecular weight is 364 g/mol. The Bertz CT molecular complexity index is 660. The van der Waals surface area contributed by atoms with Crippen molar-refractivity contribution in [1.29, 1.82) is 0 Å². The van der Waals surface area contributed by atoms with Gasteiger partial charge in [0.15, 0.2) is 0 Å². The highest BCUT2D eigenvalue weighted by Crippen LogP contribution is 2.24. The molecule has 1 amide bonds. The highest BCUT2D eigenvalue weighted by atomic mass is 35.5. The SMILES string of the molecule is CC(=O)Nc1cc(S(=O)(=O)N(C)CC(C)(C)CN)ccc1C.Cl. The van der Waals surface area contributed by atoms with Gasteiger partial charge in [-0.05, 0) is 36.6 Å². The molecule has 0 unspecified atom stereocenters. The van der Waals surface area contributed by atoms with Crippen LogP contribution in [0.1, 0.15) is 26.3 Å². The lowest BCUT2D eigenvalue weighted by atomic mass is 9.94. The fourth-order valence-electron chi connectivity index (χ4n) is 2.02. The van der Waals surface area contributed by atoms with Crippen LogP contribution >= 0.6 is 12.4 Å². The lowest BCUT2D eigenvalue weighted by Gasteiger charge is -2.28. The molecule has 0 fully saturated rings. The first-order valence-corrected chi connectivity index (χ1v) is 8.48. The zero-order valence-corrected chi connectivity index (χ0v) is 15.8. The van der Waals surface area contributed by atoms with E-state index >= 15 is 0 Å². The molecule has 0 saturated heterocycles. The van der Waals surface area contributed by atoms with Gasteiger partial charge in [0, 0.05) is 26.2 Å². The van der Waals surface area contributed by atoms with Gasteiger partial charge in [-0.2, -0.15) is 0 Å². The van der Waals surface area contributed by atoms with Gasteiger partial charge >= 0.3 is 0 Å². The van der Waals surface area contributed by atoms with Crippen LogP contribution in [0.5, 0.6) is 0 Å². The van der Waals surface area contributed by atoms with Gasteiger partial charge < -0.3 is 11.1 Å². The van der Waals surface area contributed by atoms with Crippen LogP contribution in [-0.2, 0) is 14.8 Å². The molecule has 0 heterocycles. The Morgan fingerprint density at radius 3 is 2.39 bits per heavy atom. The number of carbonyl (C=O) groups excluding carboxylic acids is 1. The quantitative estimate of drug-likeness (QED) is 0.808. The number of halogens is 1. The van der Waals surface area contributed by atoms with E-state index in [4.69, 9.17) is 5.73 Å². The zero-order valence-electron chi connectivity index (χ0n) is 14.2. The van der Waals surface area contributed by atoms with Crippen molar-refractivity contribution in [2.45, 2.75) is 32.6 Å². The van der Waals surface area contributed by atoms with E-state index in [2.05, 4.69) is 5.32 Å². The predicted molar refractivity (Wildman–Crippen MR) is 95.4 cm³/mol. The van der Waals surface area contributed by atoms with Crippen molar-refractivity contribution in [1.82, 2.24) is 4.31 Å². The number of rotatable bonds is 6. The summed E-state index contributed by atoms with van der Waals surface area (Å²) in [4.78, 5) is 11.4. The molecular formula is C15H26ClN3O3S. The second-order valence-electron chi connectivity index (χ2n) is 6.29. The number of nitrogens with one attached hydrogen (secondary N) is 1. The van der Waals surface area contributed by atoms with E-state index in [1.165, 1.54) is 24.3 Å². The number of hydrogen-bond acceptors (Lipinski definition) is 4. The molecule has 3 N–H and O–H groups in total. The molecular weight excluding hydrogens is 338 g/mol. The standard InChI is InChI=1S/C15H25N3O3S.ClH/c1-11-6-7-13(8-14(11)17-12(2)19)22(20,21)18(5)10-15(3,4)9-16;/h6-8H,9-10,16H2,1-5H3,(H,17,19);1H. The fraction of sp³-hybridized carbons (Fsp3) is 0.533. The van der Waals surface area contributed by atoms with Crippen molar-refractivity contribution in [3.05, 3.63) is 23.8 Å². The number of hydrogen-bond donors (Lipinski definition) is 2. The van der Waals surface area contributed by atoms with Crippen molar-refractivity contribution >= 4 is 34.0 Å². The third kappa shape index (κ3) is 5.76. The smallest absolute Gasteiger partial charge is 0.242 e. The van der Waals surface area contributed by atoms with E-state index < -0.39 is 10.0 Å². The van der Waals surface area contributed by atoms with Crippen LogP contribution in [0, 0.1) is 12.3 Å². The largest absolute Gasteiger partial charge is 0.330 e. The summed E-state index contributed by atoms with van der Waals surface area (Å²) in [6.07, 6.45) is 0. The van der Waals surface area contributed by atoms with Crippen LogP contribution in [0.3, 0.4) is 0 Å². The molecule has 0 aliphatic carbocycles. The van der Waals surface area contributed by atoms with Crippen LogP contribution < -0.4 is 11.1 Å². The normalized spacial score (nSPS) is 12.0. The molecule has 0 spiro atoms. The molecule has 1 aromatic carbocycles. The molecule has 0 atom stereocenters. The summed E-state index contributed by atoms with van der Waals surface area (Å²) in [5.41, 5.74) is 6.66. The Balaban J connectivity index is 0.00000484. The van der Waals surface area contributed by atoms with E-state index in [1.54, 1.807) is 12.1 Å². The van der Waals surface area contributed by atoms with E-state index in [1.807, 2.05) is 20.8 Å². The fourth-order valence-corrected chi connectivity index (χ4v) is 3.40. The molecule has 1 aromatic rings.